The van der Waals surface area contributed by atoms with Crippen LogP contribution in [0.15, 0.2) is 48.5 Å². The predicted octanol–water partition coefficient (Wildman–Crippen LogP) is 9.40. The van der Waals surface area contributed by atoms with Gasteiger partial charge in [-0.05, 0) is 89.8 Å². The summed E-state index contributed by atoms with van der Waals surface area (Å²) in [6.07, 6.45) is 0. The first-order valence-corrected chi connectivity index (χ1v) is 24.1. The fourth-order valence-corrected chi connectivity index (χ4v) is 7.18. The Balaban J connectivity index is 0.000000943. The smallest absolute Gasteiger partial charge is 0.545 e. The van der Waals surface area contributed by atoms with Gasteiger partial charge in [0.05, 0.1) is 23.9 Å². The van der Waals surface area contributed by atoms with Crippen LogP contribution in [0, 0.1) is 0 Å². The number of carbonyl (C=O) groups is 4. The maximum atomic E-state index is 11.1. The molecule has 0 aliphatic rings. The number of benzene rings is 4. The van der Waals surface area contributed by atoms with Gasteiger partial charge in [-0.3, -0.25) is 0 Å². The Morgan fingerprint density at radius 2 is 0.397 bits per heavy atom. The first-order valence-electron chi connectivity index (χ1n) is 24.1. The van der Waals surface area contributed by atoms with Crippen molar-refractivity contribution in [2.45, 2.75) is 209 Å². The van der Waals surface area contributed by atoms with Crippen molar-refractivity contribution in [2.75, 3.05) is 0 Å². The standard InChI is InChI=1S/4C15H22O3.Zr/c4*1-14(2,3)9-7-10(13(17)18)12(16)11(8-9)15(4,5)6;/h4*7-8,16H,1-6H3,(H,17,18);/q;;;;+4/p-4. The number of carbonyl (C=O) groups excluding carboxylic acids is 4. The van der Waals surface area contributed by atoms with Crippen LogP contribution in [0.4, 0.5) is 0 Å². The first-order chi connectivity index (χ1) is 31.8. The van der Waals surface area contributed by atoms with Gasteiger partial charge in [-0.15, -0.1) is 0 Å². The molecule has 0 aliphatic heterocycles. The number of rotatable bonds is 4. The molecule has 0 atom stereocenters. The fourth-order valence-electron chi connectivity index (χ4n) is 7.18. The summed E-state index contributed by atoms with van der Waals surface area (Å²) in [5.74, 6) is -6.11. The minimum atomic E-state index is -1.34. The van der Waals surface area contributed by atoms with E-state index in [0.29, 0.717) is 22.3 Å². The third kappa shape index (κ3) is 18.6. The molecule has 13 heteroatoms. The van der Waals surface area contributed by atoms with Gasteiger partial charge in [0.15, 0.2) is 0 Å². The van der Waals surface area contributed by atoms with Gasteiger partial charge in [0, 0.05) is 44.5 Å². The molecule has 0 saturated heterocycles. The van der Waals surface area contributed by atoms with E-state index in [0.717, 1.165) is 22.3 Å². The van der Waals surface area contributed by atoms with Crippen LogP contribution in [0.5, 0.6) is 23.0 Å². The summed E-state index contributed by atoms with van der Waals surface area (Å²) in [7, 11) is 0. The Morgan fingerprint density at radius 3 is 0.479 bits per heavy atom. The Bertz CT molecular complexity index is 2270. The van der Waals surface area contributed by atoms with Crippen molar-refractivity contribution in [3.8, 4) is 23.0 Å². The molecule has 0 radical (unpaired) electrons. The Labute approximate surface area is 455 Å². The van der Waals surface area contributed by atoms with Crippen LogP contribution in [0.25, 0.3) is 0 Å². The summed E-state index contributed by atoms with van der Waals surface area (Å²) >= 11 is 0. The molecular formula is C60H84O12Zr. The quantitative estimate of drug-likeness (QED) is 0.149. The molecule has 0 bridgehead atoms. The number of phenols is 4. The van der Waals surface area contributed by atoms with Crippen LogP contribution in [0.2, 0.25) is 0 Å². The van der Waals surface area contributed by atoms with Crippen LogP contribution >= 0.6 is 0 Å². The topological polar surface area (TPSA) is 241 Å². The van der Waals surface area contributed by atoms with Crippen LogP contribution in [0.1, 0.15) is 252 Å². The largest absolute Gasteiger partial charge is 4.00 e. The molecule has 0 fully saturated rings. The van der Waals surface area contributed by atoms with E-state index in [1.165, 1.54) is 24.3 Å². The van der Waals surface area contributed by atoms with Gasteiger partial charge >= 0.3 is 26.2 Å². The molecule has 4 aromatic carbocycles. The average Bonchev–Trinajstić information content (AvgIpc) is 3.14. The molecule has 0 heterocycles. The number of aromatic hydroxyl groups is 4. The SMILES string of the molecule is CC(C)(C)c1cc(C(=O)[O-])c(O)c(C(C)(C)C)c1.CC(C)(C)c1cc(C(=O)[O-])c(O)c(C(C)(C)C)c1.CC(C)(C)c1cc(C(=O)[O-])c(O)c(C(C)(C)C)c1.CC(C)(C)c1cc(C(=O)[O-])c(O)c(C(C)(C)C)c1.[Zr+4]. The van der Waals surface area contributed by atoms with Gasteiger partial charge in [0.25, 0.3) is 0 Å². The van der Waals surface area contributed by atoms with E-state index in [9.17, 15) is 60.0 Å². The molecule has 4 rings (SSSR count). The van der Waals surface area contributed by atoms with Gasteiger partial charge in [0.1, 0.15) is 23.0 Å². The summed E-state index contributed by atoms with van der Waals surface area (Å²) in [6, 6.07) is 13.5. The van der Waals surface area contributed by atoms with Crippen LogP contribution in [-0.4, -0.2) is 44.3 Å². The summed E-state index contributed by atoms with van der Waals surface area (Å²) < 4.78 is 0. The third-order valence-corrected chi connectivity index (χ3v) is 12.0. The third-order valence-electron chi connectivity index (χ3n) is 12.0. The second-order valence-corrected chi connectivity index (χ2v) is 26.8. The molecule has 0 saturated carbocycles. The van der Waals surface area contributed by atoms with Crippen LogP contribution < -0.4 is 20.4 Å². The minimum absolute atomic E-state index is 0. The predicted molar refractivity (Wildman–Crippen MR) is 279 cm³/mol. The van der Waals surface area contributed by atoms with E-state index in [2.05, 4.69) is 0 Å². The molecule has 4 N–H and O–H groups in total. The molecule has 73 heavy (non-hydrogen) atoms. The summed E-state index contributed by atoms with van der Waals surface area (Å²) in [5, 5.41) is 84.7. The molecule has 0 spiro atoms. The Morgan fingerprint density at radius 1 is 0.274 bits per heavy atom. The minimum Gasteiger partial charge on any atom is -0.545 e. The molecule has 12 nitrogen and oxygen atoms in total. The summed E-state index contributed by atoms with van der Waals surface area (Å²) in [6.45, 7) is 47.3. The van der Waals surface area contributed by atoms with Gasteiger partial charge < -0.3 is 60.0 Å². The van der Waals surface area contributed by atoms with Crippen molar-refractivity contribution >= 4 is 23.9 Å². The maximum absolute atomic E-state index is 11.1. The number of hydrogen-bond acceptors (Lipinski definition) is 12. The Kier molecular flexibility index (Phi) is 21.9. The van der Waals surface area contributed by atoms with Crippen molar-refractivity contribution in [3.05, 3.63) is 115 Å². The fraction of sp³-hybridized carbons (Fsp3) is 0.533. The van der Waals surface area contributed by atoms with E-state index in [1.54, 1.807) is 0 Å². The van der Waals surface area contributed by atoms with Crippen molar-refractivity contribution in [2.24, 2.45) is 0 Å². The number of aromatic carboxylic acids is 4. The molecule has 400 valence electrons. The van der Waals surface area contributed by atoms with E-state index >= 15 is 0 Å². The van der Waals surface area contributed by atoms with E-state index in [1.807, 2.05) is 190 Å². The Hall–Kier alpha value is -5.16. The van der Waals surface area contributed by atoms with Gasteiger partial charge in [-0.1, -0.05) is 190 Å². The van der Waals surface area contributed by atoms with Gasteiger partial charge in [-0.25, -0.2) is 0 Å². The molecule has 4 aromatic rings. The molecule has 0 amide bonds. The van der Waals surface area contributed by atoms with Crippen molar-refractivity contribution in [1.29, 1.82) is 0 Å². The van der Waals surface area contributed by atoms with Crippen LogP contribution in [0.3, 0.4) is 0 Å². The van der Waals surface area contributed by atoms with E-state index < -0.39 is 23.9 Å². The monoisotopic (exact) mass is 1090 g/mol. The molecule has 0 unspecified atom stereocenters. The van der Waals surface area contributed by atoms with Crippen molar-refractivity contribution in [1.82, 2.24) is 0 Å². The molecular weight excluding hydrogens is 1000 g/mol. The number of hydrogen-bond donors (Lipinski definition) is 4. The second kappa shape index (κ2) is 23.6. The average molecular weight is 1090 g/mol. The van der Waals surface area contributed by atoms with E-state index in [-0.39, 0.29) is 115 Å². The molecule has 0 aromatic heterocycles. The summed E-state index contributed by atoms with van der Waals surface area (Å²) in [5.41, 5.74) is 3.50. The summed E-state index contributed by atoms with van der Waals surface area (Å²) in [4.78, 5) is 44.4. The first kappa shape index (κ1) is 67.8. The normalized spacial score (nSPS) is 12.4. The molecule has 0 aliphatic carbocycles. The van der Waals surface area contributed by atoms with Crippen molar-refractivity contribution in [3.63, 3.8) is 0 Å². The number of carboxylic acid groups (broad SMARTS) is 4. The number of carboxylic acids is 4. The zero-order chi connectivity index (χ0) is 57.2. The van der Waals surface area contributed by atoms with Gasteiger partial charge in [-0.2, -0.15) is 0 Å². The van der Waals surface area contributed by atoms with Crippen molar-refractivity contribution < 1.29 is 86.2 Å². The maximum Gasteiger partial charge on any atom is 4.00 e. The van der Waals surface area contributed by atoms with E-state index in [4.69, 9.17) is 0 Å². The van der Waals surface area contributed by atoms with Gasteiger partial charge in [0.2, 0.25) is 0 Å². The second-order valence-electron chi connectivity index (χ2n) is 26.8. The zero-order valence-corrected chi connectivity index (χ0v) is 50.6. The van der Waals surface area contributed by atoms with Crippen LogP contribution in [-0.2, 0) is 69.5 Å². The zero-order valence-electron chi connectivity index (χ0n) is 48.2.